The van der Waals surface area contributed by atoms with Crippen molar-refractivity contribution in [1.29, 1.82) is 0 Å². The van der Waals surface area contributed by atoms with Gasteiger partial charge >= 0.3 is 11.9 Å². The molecule has 6 atom stereocenters. The van der Waals surface area contributed by atoms with Crippen molar-refractivity contribution in [2.24, 2.45) is 17.8 Å². The Bertz CT molecular complexity index is 475. The van der Waals surface area contributed by atoms with Crippen molar-refractivity contribution in [2.75, 3.05) is 19.6 Å². The molecule has 0 spiro atoms. The first kappa shape index (κ1) is 17.0. The Morgan fingerprint density at radius 2 is 1.87 bits per heavy atom. The van der Waals surface area contributed by atoms with Crippen molar-refractivity contribution in [3.8, 4) is 0 Å². The number of halogens is 1. The molecule has 3 N–H and O–H groups in total. The van der Waals surface area contributed by atoms with Gasteiger partial charge in [-0.05, 0) is 56.4 Å². The third kappa shape index (κ3) is 3.80. The van der Waals surface area contributed by atoms with Gasteiger partial charge in [-0.3, -0.25) is 14.5 Å². The molecule has 7 heteroatoms. The lowest BCUT2D eigenvalue weighted by molar-refractivity contribution is -0.143. The molecule has 0 bridgehead atoms. The third-order valence-electron chi connectivity index (χ3n) is 5.84. The van der Waals surface area contributed by atoms with Gasteiger partial charge in [-0.2, -0.15) is 0 Å². The van der Waals surface area contributed by atoms with E-state index in [1.807, 2.05) is 4.90 Å². The summed E-state index contributed by atoms with van der Waals surface area (Å²) in [6.07, 6.45) is 4.41. The van der Waals surface area contributed by atoms with E-state index in [0.717, 1.165) is 32.4 Å². The molecule has 1 aliphatic carbocycles. The number of nitrogens with zero attached hydrogens (tertiary/aromatic N) is 1. The largest absolute Gasteiger partial charge is 0.480 e. The summed E-state index contributed by atoms with van der Waals surface area (Å²) >= 11 is 6.15. The Morgan fingerprint density at radius 1 is 1.09 bits per heavy atom. The van der Waals surface area contributed by atoms with Crippen LogP contribution in [0.1, 0.15) is 32.1 Å². The van der Waals surface area contributed by atoms with Gasteiger partial charge in [0, 0.05) is 18.5 Å². The fourth-order valence-electron chi connectivity index (χ4n) is 4.65. The number of piperidine rings is 1. The number of carboxylic acids is 2. The number of fused-ring (bicyclic) bond motifs is 1. The van der Waals surface area contributed by atoms with Crippen LogP contribution < -0.4 is 5.32 Å². The summed E-state index contributed by atoms with van der Waals surface area (Å²) in [6.45, 7) is 2.20. The van der Waals surface area contributed by atoms with Gasteiger partial charge in [0.15, 0.2) is 0 Å². The lowest BCUT2D eigenvalue weighted by Gasteiger charge is -2.42. The molecule has 2 heterocycles. The quantitative estimate of drug-likeness (QED) is 0.665. The smallest absolute Gasteiger partial charge is 0.320 e. The summed E-state index contributed by atoms with van der Waals surface area (Å²) in [7, 11) is 0. The van der Waals surface area contributed by atoms with Gasteiger partial charge < -0.3 is 15.5 Å². The number of hydrogen-bond acceptors (Lipinski definition) is 4. The predicted molar refractivity (Wildman–Crippen MR) is 85.6 cm³/mol. The average Bonchev–Trinajstić information content (AvgIpc) is 2.87. The maximum atomic E-state index is 11.4. The molecular formula is C16H25ClN2O4. The van der Waals surface area contributed by atoms with Gasteiger partial charge in [-0.1, -0.05) is 0 Å². The molecule has 6 nitrogen and oxygen atoms in total. The molecule has 0 aromatic carbocycles. The number of aliphatic carboxylic acids is 2. The molecule has 3 aliphatic rings. The second-order valence-electron chi connectivity index (χ2n) is 7.37. The first-order valence-electron chi connectivity index (χ1n) is 8.51. The lowest BCUT2D eigenvalue weighted by Crippen LogP contribution is -2.50. The van der Waals surface area contributed by atoms with E-state index >= 15 is 0 Å². The highest BCUT2D eigenvalue weighted by atomic mass is 35.5. The highest BCUT2D eigenvalue weighted by Crippen LogP contribution is 2.39. The van der Waals surface area contributed by atoms with Gasteiger partial charge in [0.1, 0.15) is 12.1 Å². The van der Waals surface area contributed by atoms with Crippen LogP contribution in [0, 0.1) is 17.8 Å². The van der Waals surface area contributed by atoms with Gasteiger partial charge in [0.05, 0.1) is 0 Å². The normalized spacial score (nSPS) is 41.4. The zero-order valence-electron chi connectivity index (χ0n) is 13.2. The maximum absolute atomic E-state index is 11.4. The monoisotopic (exact) mass is 344 g/mol. The van der Waals surface area contributed by atoms with Crippen LogP contribution in [0.3, 0.4) is 0 Å². The van der Waals surface area contributed by atoms with Crippen LogP contribution in [-0.2, 0) is 9.59 Å². The molecule has 0 amide bonds. The van der Waals surface area contributed by atoms with Crippen molar-refractivity contribution in [2.45, 2.75) is 49.6 Å². The van der Waals surface area contributed by atoms with Crippen molar-refractivity contribution < 1.29 is 19.8 Å². The minimum absolute atomic E-state index is 0.0808. The Labute approximate surface area is 141 Å². The minimum atomic E-state index is -0.783. The van der Waals surface area contributed by atoms with Gasteiger partial charge in [-0.15, -0.1) is 11.6 Å². The summed E-state index contributed by atoms with van der Waals surface area (Å²) in [5.41, 5.74) is 0. The van der Waals surface area contributed by atoms with E-state index in [9.17, 15) is 19.8 Å². The fourth-order valence-corrected chi connectivity index (χ4v) is 5.00. The summed E-state index contributed by atoms with van der Waals surface area (Å²) < 4.78 is 0. The summed E-state index contributed by atoms with van der Waals surface area (Å²) in [5.74, 6) is -0.0893. The number of alkyl halides is 1. The van der Waals surface area contributed by atoms with Crippen molar-refractivity contribution >= 4 is 23.5 Å². The lowest BCUT2D eigenvalue weighted by atomic mass is 9.69. The summed E-state index contributed by atoms with van der Waals surface area (Å²) in [5, 5.41) is 21.6. The zero-order chi connectivity index (χ0) is 16.6. The van der Waals surface area contributed by atoms with Gasteiger partial charge in [0.25, 0.3) is 0 Å². The Hall–Kier alpha value is -0.850. The third-order valence-corrected chi connectivity index (χ3v) is 6.16. The van der Waals surface area contributed by atoms with Gasteiger partial charge in [-0.25, -0.2) is 0 Å². The van der Waals surface area contributed by atoms with Crippen molar-refractivity contribution in [3.63, 3.8) is 0 Å². The number of carboxylic acid groups (broad SMARTS) is 2. The van der Waals surface area contributed by atoms with Crippen LogP contribution in [0.2, 0.25) is 0 Å². The number of hydrogen-bond donors (Lipinski definition) is 3. The van der Waals surface area contributed by atoms with E-state index in [0.29, 0.717) is 37.1 Å². The molecule has 3 rings (SSSR count). The van der Waals surface area contributed by atoms with Crippen LogP contribution in [0.25, 0.3) is 0 Å². The predicted octanol–water partition coefficient (Wildman–Crippen LogP) is 1.23. The maximum Gasteiger partial charge on any atom is 0.320 e. The van der Waals surface area contributed by atoms with Crippen molar-refractivity contribution in [1.82, 2.24) is 10.2 Å². The molecule has 0 aromatic heterocycles. The second-order valence-corrected chi connectivity index (χ2v) is 7.99. The average molecular weight is 345 g/mol. The van der Waals surface area contributed by atoms with E-state index in [1.165, 1.54) is 0 Å². The SMILES string of the molecule is O=C(O)C1CC2CC(CN3C[C@H](Cl)C[C@H]3C(=O)O)CCC2CN1. The van der Waals surface area contributed by atoms with E-state index in [2.05, 4.69) is 5.32 Å². The molecular weight excluding hydrogens is 320 g/mol. The molecule has 4 unspecified atom stereocenters. The molecule has 130 valence electrons. The van der Waals surface area contributed by atoms with Crippen LogP contribution in [-0.4, -0.2) is 64.1 Å². The van der Waals surface area contributed by atoms with Crippen LogP contribution >= 0.6 is 11.6 Å². The molecule has 2 saturated heterocycles. The van der Waals surface area contributed by atoms with Crippen LogP contribution in [0.15, 0.2) is 0 Å². The Morgan fingerprint density at radius 3 is 2.57 bits per heavy atom. The van der Waals surface area contributed by atoms with E-state index in [-0.39, 0.29) is 5.38 Å². The molecule has 23 heavy (non-hydrogen) atoms. The zero-order valence-corrected chi connectivity index (χ0v) is 13.9. The fraction of sp³-hybridized carbons (Fsp3) is 0.875. The standard InChI is InChI=1S/C16H25ClN2O4/c17-12-5-14(16(22)23)19(8-12)7-9-1-2-10-6-18-13(15(20)21)4-11(10)3-9/h9-14,18H,1-8H2,(H,20,21)(H,22,23)/t9?,10?,11?,12-,13?,14+/m1/s1. The Balaban J connectivity index is 1.57. The topological polar surface area (TPSA) is 89.9 Å². The van der Waals surface area contributed by atoms with Crippen molar-refractivity contribution in [3.05, 3.63) is 0 Å². The molecule has 0 radical (unpaired) electrons. The van der Waals surface area contributed by atoms with Crippen LogP contribution in [0.5, 0.6) is 0 Å². The molecule has 1 saturated carbocycles. The number of nitrogens with one attached hydrogen (secondary N) is 1. The van der Waals surface area contributed by atoms with E-state index in [1.54, 1.807) is 0 Å². The summed E-state index contributed by atoms with van der Waals surface area (Å²) in [6, 6.07) is -0.893. The first-order chi connectivity index (χ1) is 10.9. The van der Waals surface area contributed by atoms with Gasteiger partial charge in [0.2, 0.25) is 0 Å². The van der Waals surface area contributed by atoms with E-state index in [4.69, 9.17) is 11.6 Å². The highest BCUT2D eigenvalue weighted by Gasteiger charge is 2.41. The number of carbonyl (C=O) groups is 2. The molecule has 2 aliphatic heterocycles. The van der Waals surface area contributed by atoms with Crippen LogP contribution in [0.4, 0.5) is 0 Å². The first-order valence-corrected chi connectivity index (χ1v) is 8.94. The summed E-state index contributed by atoms with van der Waals surface area (Å²) in [4.78, 5) is 24.6. The second kappa shape index (κ2) is 6.95. The number of rotatable bonds is 4. The molecule has 3 fully saturated rings. The Kier molecular flexibility index (Phi) is 5.13. The highest BCUT2D eigenvalue weighted by molar-refractivity contribution is 6.21. The number of likely N-dealkylation sites (tertiary alicyclic amines) is 1. The molecule has 0 aromatic rings. The van der Waals surface area contributed by atoms with E-state index < -0.39 is 24.0 Å². The minimum Gasteiger partial charge on any atom is -0.480 e.